The van der Waals surface area contributed by atoms with Gasteiger partial charge in [0, 0.05) is 12.5 Å². The van der Waals surface area contributed by atoms with Crippen LogP contribution in [0.1, 0.15) is 47.0 Å². The Morgan fingerprint density at radius 1 is 1.06 bits per heavy atom. The van der Waals surface area contributed by atoms with Crippen molar-refractivity contribution < 1.29 is 14.9 Å². The van der Waals surface area contributed by atoms with Gasteiger partial charge in [-0.05, 0) is 39.0 Å². The third-order valence-corrected chi connectivity index (χ3v) is 3.32. The van der Waals surface area contributed by atoms with Gasteiger partial charge in [0.15, 0.2) is 0 Å². The minimum Gasteiger partial charge on any atom is -0.396 e. The number of rotatable bonds is 8. The molecule has 0 radical (unpaired) electrons. The van der Waals surface area contributed by atoms with Gasteiger partial charge in [-0.3, -0.25) is 0 Å². The summed E-state index contributed by atoms with van der Waals surface area (Å²) in [4.78, 5) is 0. The quantitative estimate of drug-likeness (QED) is 0.674. The van der Waals surface area contributed by atoms with Gasteiger partial charge in [-0.25, -0.2) is 0 Å². The van der Waals surface area contributed by atoms with E-state index in [1.807, 2.05) is 13.8 Å². The Labute approximate surface area is 99.8 Å². The summed E-state index contributed by atoms with van der Waals surface area (Å²) >= 11 is 0. The normalized spacial score (nSPS) is 13.5. The second-order valence-corrected chi connectivity index (χ2v) is 5.88. The van der Waals surface area contributed by atoms with Crippen LogP contribution >= 0.6 is 0 Å². The molecule has 3 heteroatoms. The van der Waals surface area contributed by atoms with Gasteiger partial charge in [0.25, 0.3) is 0 Å². The van der Waals surface area contributed by atoms with Crippen LogP contribution in [0, 0.1) is 11.3 Å². The van der Waals surface area contributed by atoms with Crippen LogP contribution in [0.15, 0.2) is 0 Å². The van der Waals surface area contributed by atoms with E-state index in [-0.39, 0.29) is 24.2 Å². The Bertz CT molecular complexity index is 184. The molecule has 0 saturated heterocycles. The van der Waals surface area contributed by atoms with Gasteiger partial charge in [0.2, 0.25) is 0 Å². The fourth-order valence-electron chi connectivity index (χ4n) is 1.97. The second-order valence-electron chi connectivity index (χ2n) is 5.88. The number of hydrogen-bond donors (Lipinski definition) is 2. The second kappa shape index (κ2) is 6.58. The molecular weight excluding hydrogens is 204 g/mol. The molecule has 0 aliphatic rings. The number of aliphatic hydroxyl groups is 2. The first kappa shape index (κ1) is 15.9. The minimum absolute atomic E-state index is 0.0431. The van der Waals surface area contributed by atoms with Gasteiger partial charge in [0.05, 0.1) is 18.8 Å². The van der Waals surface area contributed by atoms with Gasteiger partial charge in [-0.2, -0.15) is 0 Å². The van der Waals surface area contributed by atoms with Crippen molar-refractivity contribution >= 4 is 0 Å². The lowest BCUT2D eigenvalue weighted by molar-refractivity contribution is -0.0227. The first-order chi connectivity index (χ1) is 7.31. The third kappa shape index (κ3) is 5.28. The molecule has 0 aromatic heterocycles. The highest BCUT2D eigenvalue weighted by molar-refractivity contribution is 4.82. The highest BCUT2D eigenvalue weighted by Crippen LogP contribution is 2.33. The molecule has 0 aliphatic carbocycles. The van der Waals surface area contributed by atoms with Crippen LogP contribution < -0.4 is 0 Å². The molecule has 0 bridgehead atoms. The molecule has 2 N–H and O–H groups in total. The minimum atomic E-state index is -0.357. The van der Waals surface area contributed by atoms with Crippen molar-refractivity contribution in [2.45, 2.75) is 52.6 Å². The summed E-state index contributed by atoms with van der Waals surface area (Å²) in [6, 6.07) is 0. The van der Waals surface area contributed by atoms with Crippen molar-refractivity contribution in [3.8, 4) is 0 Å². The summed E-state index contributed by atoms with van der Waals surface area (Å²) < 4.78 is 5.36. The van der Waals surface area contributed by atoms with E-state index >= 15 is 0 Å². The number of hydrogen-bond acceptors (Lipinski definition) is 3. The molecular formula is C13H28O3. The highest BCUT2D eigenvalue weighted by atomic mass is 16.5. The molecule has 0 heterocycles. The summed E-state index contributed by atoms with van der Waals surface area (Å²) in [6.07, 6.45) is 2.48. The largest absolute Gasteiger partial charge is 0.396 e. The first-order valence-electron chi connectivity index (χ1n) is 6.08. The molecule has 0 spiro atoms. The van der Waals surface area contributed by atoms with E-state index in [4.69, 9.17) is 4.74 Å². The average molecular weight is 232 g/mol. The lowest BCUT2D eigenvalue weighted by Crippen LogP contribution is -2.35. The molecule has 0 rings (SSSR count). The smallest absolute Gasteiger partial charge is 0.0623 e. The molecule has 0 aromatic carbocycles. The van der Waals surface area contributed by atoms with E-state index in [2.05, 4.69) is 13.8 Å². The highest BCUT2D eigenvalue weighted by Gasteiger charge is 2.32. The molecule has 0 unspecified atom stereocenters. The van der Waals surface area contributed by atoms with Crippen molar-refractivity contribution in [2.75, 3.05) is 20.3 Å². The van der Waals surface area contributed by atoms with E-state index in [1.54, 1.807) is 7.11 Å². The maximum atomic E-state index is 9.49. The van der Waals surface area contributed by atoms with Gasteiger partial charge >= 0.3 is 0 Å². The van der Waals surface area contributed by atoms with Crippen LogP contribution in [0.3, 0.4) is 0 Å². The summed E-state index contributed by atoms with van der Waals surface area (Å²) in [5.41, 5.74) is -0.545. The van der Waals surface area contributed by atoms with E-state index in [9.17, 15) is 10.2 Å². The van der Waals surface area contributed by atoms with E-state index in [0.29, 0.717) is 5.92 Å². The Hall–Kier alpha value is -0.120. The van der Waals surface area contributed by atoms with Gasteiger partial charge in [-0.1, -0.05) is 13.8 Å². The maximum absolute atomic E-state index is 9.49. The molecule has 0 amide bonds. The first-order valence-corrected chi connectivity index (χ1v) is 6.08. The van der Waals surface area contributed by atoms with Crippen LogP contribution in [0.5, 0.6) is 0 Å². The molecule has 16 heavy (non-hydrogen) atoms. The van der Waals surface area contributed by atoms with Crippen molar-refractivity contribution in [1.82, 2.24) is 0 Å². The molecule has 0 fully saturated rings. The van der Waals surface area contributed by atoms with Crippen molar-refractivity contribution in [3.63, 3.8) is 0 Å². The zero-order valence-corrected chi connectivity index (χ0v) is 11.4. The van der Waals surface area contributed by atoms with Crippen LogP contribution in [0.4, 0.5) is 0 Å². The van der Waals surface area contributed by atoms with Crippen LogP contribution in [-0.2, 0) is 4.74 Å². The average Bonchev–Trinajstić information content (AvgIpc) is 2.24. The van der Waals surface area contributed by atoms with Crippen molar-refractivity contribution in [2.24, 2.45) is 11.3 Å². The lowest BCUT2D eigenvalue weighted by Gasteiger charge is -2.34. The van der Waals surface area contributed by atoms with Gasteiger partial charge < -0.3 is 14.9 Å². The van der Waals surface area contributed by atoms with Crippen LogP contribution in [-0.4, -0.2) is 36.1 Å². The van der Waals surface area contributed by atoms with Gasteiger partial charge in [-0.15, -0.1) is 0 Å². The Morgan fingerprint density at radius 2 is 1.56 bits per heavy atom. The molecule has 98 valence electrons. The zero-order chi connectivity index (χ0) is 12.8. The van der Waals surface area contributed by atoms with Crippen molar-refractivity contribution in [3.05, 3.63) is 0 Å². The maximum Gasteiger partial charge on any atom is 0.0623 e. The molecule has 3 nitrogen and oxygen atoms in total. The Morgan fingerprint density at radius 3 is 1.88 bits per heavy atom. The Kier molecular flexibility index (Phi) is 6.53. The molecule has 0 atom stereocenters. The number of methoxy groups -OCH3 is 1. The summed E-state index contributed by atoms with van der Waals surface area (Å²) in [5, 5.41) is 19.0. The number of ether oxygens (including phenoxy) is 1. The van der Waals surface area contributed by atoms with Crippen LogP contribution in [0.25, 0.3) is 0 Å². The van der Waals surface area contributed by atoms with Crippen molar-refractivity contribution in [1.29, 1.82) is 0 Å². The molecule has 0 aromatic rings. The van der Waals surface area contributed by atoms with E-state index < -0.39 is 0 Å². The summed E-state index contributed by atoms with van der Waals surface area (Å²) in [5.74, 6) is 0.477. The predicted molar refractivity (Wildman–Crippen MR) is 66.4 cm³/mol. The zero-order valence-electron chi connectivity index (χ0n) is 11.4. The van der Waals surface area contributed by atoms with Crippen LogP contribution in [0.2, 0.25) is 0 Å². The van der Waals surface area contributed by atoms with E-state index in [0.717, 1.165) is 19.3 Å². The molecule has 0 aliphatic heterocycles. The van der Waals surface area contributed by atoms with E-state index in [1.165, 1.54) is 0 Å². The fourth-order valence-corrected chi connectivity index (χ4v) is 1.97. The molecule has 0 saturated carbocycles. The fraction of sp³-hybridized carbons (Fsp3) is 1.00. The standard InChI is InChI=1S/C13H28O3/c1-11(2)8-13(9-14,10-15)7-6-12(3,4)16-5/h11,14-15H,6-10H2,1-5H3. The Balaban J connectivity index is 4.43. The topological polar surface area (TPSA) is 49.7 Å². The monoisotopic (exact) mass is 232 g/mol. The number of aliphatic hydroxyl groups excluding tert-OH is 2. The van der Waals surface area contributed by atoms with Gasteiger partial charge in [0.1, 0.15) is 0 Å². The predicted octanol–water partition coefficient (Wildman–Crippen LogP) is 2.21. The third-order valence-electron chi connectivity index (χ3n) is 3.32. The summed E-state index contributed by atoms with van der Waals surface area (Å²) in [6.45, 7) is 8.37. The lowest BCUT2D eigenvalue weighted by atomic mass is 9.76. The summed E-state index contributed by atoms with van der Waals surface area (Å²) in [7, 11) is 1.70. The SMILES string of the molecule is COC(C)(C)CCC(CO)(CO)CC(C)C.